The van der Waals surface area contributed by atoms with Crippen LogP contribution in [-0.2, 0) is 25.8 Å². The van der Waals surface area contributed by atoms with Gasteiger partial charge < -0.3 is 25.5 Å². The van der Waals surface area contributed by atoms with Crippen LogP contribution in [0.15, 0.2) is 65.1 Å². The van der Waals surface area contributed by atoms with E-state index in [1.807, 2.05) is 51.1 Å². The molecule has 1 aliphatic heterocycles. The lowest BCUT2D eigenvalue weighted by molar-refractivity contribution is -0.133. The number of amides is 3. The van der Waals surface area contributed by atoms with E-state index in [9.17, 15) is 27.9 Å². The zero-order chi connectivity index (χ0) is 37.1. The maximum atomic E-state index is 14.3. The molecule has 3 aromatic rings. The second kappa shape index (κ2) is 15.5. The number of rotatable bonds is 12. The van der Waals surface area contributed by atoms with Crippen LogP contribution in [0, 0.1) is 11.8 Å². The first kappa shape index (κ1) is 38.5. The number of carbonyl (C=O) groups is 3. The zero-order valence-electron chi connectivity index (χ0n) is 30.6. The highest BCUT2D eigenvalue weighted by molar-refractivity contribution is 7.92. The Morgan fingerprint density at radius 3 is 2.24 bits per heavy atom. The number of fused-ring (bicyclic) bond motifs is 2. The Bertz CT molecular complexity index is 1770. The van der Waals surface area contributed by atoms with Crippen molar-refractivity contribution in [3.05, 3.63) is 72.0 Å². The Hall–Kier alpha value is -3.74. The molecule has 51 heavy (non-hydrogen) atoms. The molecule has 11 nitrogen and oxygen atoms in total. The molecule has 2 heterocycles. The van der Waals surface area contributed by atoms with E-state index in [-0.39, 0.29) is 24.6 Å². The van der Waals surface area contributed by atoms with Crippen molar-refractivity contribution in [3.8, 4) is 0 Å². The number of carbonyl (C=O) groups excluding carboxylic acids is 3. The number of para-hydroxylation sites is 1. The number of sulfone groups is 1. The largest absolute Gasteiger partial charge is 0.451 e. The Labute approximate surface area is 301 Å². The highest BCUT2D eigenvalue weighted by atomic mass is 32.2. The molecule has 3 amide bonds. The number of nitrogens with one attached hydrogen (secondary N) is 3. The molecule has 0 bridgehead atoms. The van der Waals surface area contributed by atoms with Gasteiger partial charge in [-0.05, 0) is 83.4 Å². The van der Waals surface area contributed by atoms with Gasteiger partial charge in [0.05, 0.1) is 22.9 Å². The fraction of sp³-hybridized carbons (Fsp3) is 0.564. The van der Waals surface area contributed by atoms with Gasteiger partial charge in [0.2, 0.25) is 11.8 Å². The molecule has 0 spiro atoms. The number of benzene rings is 2. The summed E-state index contributed by atoms with van der Waals surface area (Å²) in [6.45, 7) is 9.40. The van der Waals surface area contributed by atoms with Crippen LogP contribution in [0.1, 0.15) is 82.8 Å². The number of piperidine rings is 1. The van der Waals surface area contributed by atoms with Gasteiger partial charge in [-0.3, -0.25) is 19.3 Å². The van der Waals surface area contributed by atoms with E-state index in [0.717, 1.165) is 37.5 Å². The normalized spacial score (nSPS) is 22.0. The number of likely N-dealkylation sites (tertiary alicyclic amines) is 1. The second-order valence-corrected chi connectivity index (χ2v) is 18.6. The third kappa shape index (κ3) is 9.39. The average molecular weight is 723 g/mol. The van der Waals surface area contributed by atoms with E-state index in [1.165, 1.54) is 19.9 Å². The van der Waals surface area contributed by atoms with Crippen molar-refractivity contribution in [2.24, 2.45) is 11.8 Å². The molecular formula is C39H54N4O7S. The Morgan fingerprint density at radius 2 is 1.59 bits per heavy atom. The van der Waals surface area contributed by atoms with E-state index >= 15 is 0 Å². The van der Waals surface area contributed by atoms with Gasteiger partial charge in [-0.25, -0.2) is 8.42 Å². The van der Waals surface area contributed by atoms with Crippen molar-refractivity contribution in [1.82, 2.24) is 20.9 Å². The number of furan rings is 1. The molecule has 5 rings (SSSR count). The van der Waals surface area contributed by atoms with Gasteiger partial charge in [0, 0.05) is 30.3 Å². The van der Waals surface area contributed by atoms with Crippen molar-refractivity contribution in [2.45, 2.75) is 108 Å². The fourth-order valence-corrected chi connectivity index (χ4v) is 8.07. The minimum atomic E-state index is -3.90. The minimum Gasteiger partial charge on any atom is -0.451 e. The van der Waals surface area contributed by atoms with Gasteiger partial charge in [0.25, 0.3) is 5.91 Å². The van der Waals surface area contributed by atoms with Gasteiger partial charge in [0.1, 0.15) is 11.6 Å². The lowest BCUT2D eigenvalue weighted by Gasteiger charge is -2.47. The zero-order valence-corrected chi connectivity index (χ0v) is 31.5. The molecule has 1 aromatic heterocycles. The predicted octanol–water partition coefficient (Wildman–Crippen LogP) is 4.24. The lowest BCUT2D eigenvalue weighted by Crippen LogP contribution is -2.64. The molecular weight excluding hydrogens is 669 g/mol. The molecule has 2 aromatic carbocycles. The number of β-amino-alcohol motifs (C(OH)–C–C–N with tert-alkyl or cyclic N) is 1. The first-order valence-corrected chi connectivity index (χ1v) is 19.9. The number of hydrogen-bond donors (Lipinski definition) is 4. The van der Waals surface area contributed by atoms with E-state index in [4.69, 9.17) is 4.42 Å². The number of hydrogen-bond acceptors (Lipinski definition) is 8. The van der Waals surface area contributed by atoms with Crippen molar-refractivity contribution in [2.75, 3.05) is 19.3 Å². The molecule has 12 heteroatoms. The summed E-state index contributed by atoms with van der Waals surface area (Å²) in [6.07, 6.45) is 5.28. The van der Waals surface area contributed by atoms with E-state index in [2.05, 4.69) is 20.9 Å². The van der Waals surface area contributed by atoms with Crippen LogP contribution in [0.2, 0.25) is 0 Å². The second-order valence-electron chi connectivity index (χ2n) is 16.1. The molecule has 278 valence electrons. The number of nitrogens with zero attached hydrogens (tertiary/aromatic N) is 1. The van der Waals surface area contributed by atoms with E-state index < -0.39 is 56.2 Å². The van der Waals surface area contributed by atoms with Crippen LogP contribution in [0.3, 0.4) is 0 Å². The summed E-state index contributed by atoms with van der Waals surface area (Å²) in [5, 5.41) is 21.4. The highest BCUT2D eigenvalue weighted by Gasteiger charge is 2.46. The van der Waals surface area contributed by atoms with Crippen LogP contribution in [0.4, 0.5) is 0 Å². The highest BCUT2D eigenvalue weighted by Crippen LogP contribution is 2.39. The quantitative estimate of drug-likeness (QED) is 0.216. The van der Waals surface area contributed by atoms with Crippen molar-refractivity contribution in [1.29, 1.82) is 0 Å². The summed E-state index contributed by atoms with van der Waals surface area (Å²) in [7, 11) is -3.90. The van der Waals surface area contributed by atoms with E-state index in [0.29, 0.717) is 35.8 Å². The summed E-state index contributed by atoms with van der Waals surface area (Å²) in [5.74, 6) is -0.790. The van der Waals surface area contributed by atoms with Crippen LogP contribution in [0.5, 0.6) is 0 Å². The van der Waals surface area contributed by atoms with E-state index in [1.54, 1.807) is 24.3 Å². The van der Waals surface area contributed by atoms with Crippen molar-refractivity contribution >= 4 is 38.5 Å². The molecule has 4 N–H and O–H groups in total. The molecule has 2 unspecified atom stereocenters. The topological polar surface area (TPSA) is 158 Å². The monoisotopic (exact) mass is 722 g/mol. The number of aliphatic hydroxyl groups excluding tert-OH is 1. The predicted molar refractivity (Wildman–Crippen MR) is 198 cm³/mol. The van der Waals surface area contributed by atoms with Crippen LogP contribution in [0.25, 0.3) is 11.0 Å². The summed E-state index contributed by atoms with van der Waals surface area (Å²) in [6, 6.07) is 15.1. The minimum absolute atomic E-state index is 0.0649. The standard InChI is InChI=1S/C39H54N4O7S/c1-38(2,3)42-35(45)30-21-26-16-10-11-18-28(26)23-43(30)24-31(44)29(20-25-14-8-7-9-15-25)40-37(47)34(39(4,5)51(6,48)49)41-36(46)33-22-27-17-12-13-19-32(27)50-33/h7-9,12-15,17,19,22,26,28-31,34,44H,10-11,16,18,20-21,23-24H2,1-6H3,(H,40,47)(H,41,46)(H,42,45)/t26?,28?,29-,30-,31+,34+/m0/s1. The Kier molecular flexibility index (Phi) is 11.7. The van der Waals surface area contributed by atoms with Gasteiger partial charge >= 0.3 is 0 Å². The van der Waals surface area contributed by atoms with Crippen molar-refractivity contribution in [3.63, 3.8) is 0 Å². The molecule has 1 aliphatic carbocycles. The molecule has 2 fully saturated rings. The van der Waals surface area contributed by atoms with Crippen LogP contribution < -0.4 is 16.0 Å². The smallest absolute Gasteiger partial charge is 0.287 e. The summed E-state index contributed by atoms with van der Waals surface area (Å²) >= 11 is 0. The summed E-state index contributed by atoms with van der Waals surface area (Å²) < 4.78 is 30.2. The molecule has 2 aliphatic rings. The van der Waals surface area contributed by atoms with Gasteiger partial charge in [-0.2, -0.15) is 0 Å². The first-order valence-electron chi connectivity index (χ1n) is 18.0. The first-order chi connectivity index (χ1) is 23.9. The molecule has 1 saturated heterocycles. The summed E-state index contributed by atoms with van der Waals surface area (Å²) in [5.41, 5.74) is 0.895. The van der Waals surface area contributed by atoms with Gasteiger partial charge in [0.15, 0.2) is 15.6 Å². The van der Waals surface area contributed by atoms with Gasteiger partial charge in [-0.15, -0.1) is 0 Å². The number of aliphatic hydroxyl groups is 1. The van der Waals surface area contributed by atoms with Crippen LogP contribution in [-0.4, -0.2) is 90.0 Å². The van der Waals surface area contributed by atoms with Crippen LogP contribution >= 0.6 is 0 Å². The fourth-order valence-electron chi connectivity index (χ4n) is 7.48. The maximum Gasteiger partial charge on any atom is 0.287 e. The Balaban J connectivity index is 1.42. The average Bonchev–Trinajstić information content (AvgIpc) is 3.50. The maximum absolute atomic E-state index is 14.3. The Morgan fingerprint density at radius 1 is 0.941 bits per heavy atom. The van der Waals surface area contributed by atoms with Crippen molar-refractivity contribution < 1.29 is 32.3 Å². The molecule has 1 saturated carbocycles. The molecule has 6 atom stereocenters. The van der Waals surface area contributed by atoms with Gasteiger partial charge in [-0.1, -0.05) is 67.8 Å². The third-order valence-electron chi connectivity index (χ3n) is 10.7. The molecule has 0 radical (unpaired) electrons. The third-order valence-corrected chi connectivity index (χ3v) is 12.8. The SMILES string of the molecule is CC(C)(C)NC(=O)[C@@H]1CC2CCCCC2CN1C[C@@H](O)[C@H](Cc1ccccc1)NC(=O)[C@@H](NC(=O)c1cc2ccccc2o1)C(C)(C)S(C)(=O)=O. The summed E-state index contributed by atoms with van der Waals surface area (Å²) in [4.78, 5) is 43.5. The lowest BCUT2D eigenvalue weighted by atomic mass is 9.72.